The molecule has 2 atom stereocenters. The van der Waals surface area contributed by atoms with Gasteiger partial charge in [-0.1, -0.05) is 163 Å². The lowest BCUT2D eigenvalue weighted by molar-refractivity contribution is -0.161. The fourth-order valence-electron chi connectivity index (χ4n) is 5.24. The number of carbonyl (C=O) groups excluding carboxylic acids is 2. The van der Waals surface area contributed by atoms with E-state index in [0.717, 1.165) is 50.4 Å². The minimum Gasteiger partial charge on any atom is -0.462 e. The molecule has 0 amide bonds. The maximum absolute atomic E-state index is 12.1. The maximum Gasteiger partial charge on any atom is 0.306 e. The van der Waals surface area contributed by atoms with Gasteiger partial charge in [-0.05, 0) is 24.7 Å². The van der Waals surface area contributed by atoms with Crippen LogP contribution in [-0.2, 0) is 19.1 Å². The van der Waals surface area contributed by atoms with Crippen molar-refractivity contribution in [2.75, 3.05) is 13.2 Å². The van der Waals surface area contributed by atoms with Crippen molar-refractivity contribution < 1.29 is 24.2 Å². The largest absolute Gasteiger partial charge is 0.462 e. The van der Waals surface area contributed by atoms with Crippen molar-refractivity contribution >= 4 is 11.9 Å². The summed E-state index contributed by atoms with van der Waals surface area (Å²) in [6.07, 6.45) is 28.6. The van der Waals surface area contributed by atoms with Crippen molar-refractivity contribution in [3.63, 3.8) is 0 Å². The first-order valence-corrected chi connectivity index (χ1v) is 17.8. The summed E-state index contributed by atoms with van der Waals surface area (Å²) >= 11 is 0. The molecule has 0 spiro atoms. The van der Waals surface area contributed by atoms with E-state index in [1.165, 1.54) is 109 Å². The number of unbranched alkanes of at least 4 members (excludes halogenated alkanes) is 18. The highest BCUT2D eigenvalue weighted by atomic mass is 16.6. The van der Waals surface area contributed by atoms with E-state index in [1.54, 1.807) is 0 Å². The smallest absolute Gasteiger partial charge is 0.306 e. The number of ether oxygens (including phenoxy) is 2. The highest BCUT2D eigenvalue weighted by Crippen LogP contribution is 2.16. The predicted octanol–water partition coefficient (Wildman–Crippen LogP) is 10.5. The quantitative estimate of drug-likeness (QED) is 0.0650. The number of hydrogen-bond acceptors (Lipinski definition) is 5. The van der Waals surface area contributed by atoms with Crippen LogP contribution in [0.15, 0.2) is 0 Å². The summed E-state index contributed by atoms with van der Waals surface area (Å²) in [6.45, 7) is 8.84. The molecule has 1 unspecified atom stereocenters. The number of rotatable bonds is 31. The fourth-order valence-corrected chi connectivity index (χ4v) is 5.24. The third-order valence-corrected chi connectivity index (χ3v) is 8.37. The zero-order chi connectivity index (χ0) is 30.4. The minimum absolute atomic E-state index is 0.0597. The summed E-state index contributed by atoms with van der Waals surface area (Å²) in [4.78, 5) is 24.1. The molecule has 1 N–H and O–H groups in total. The van der Waals surface area contributed by atoms with Crippen molar-refractivity contribution in [2.45, 2.75) is 194 Å². The number of aliphatic hydroxyl groups is 1. The number of esters is 2. The Kier molecular flexibility index (Phi) is 29.5. The van der Waals surface area contributed by atoms with Gasteiger partial charge in [-0.3, -0.25) is 9.59 Å². The van der Waals surface area contributed by atoms with Crippen molar-refractivity contribution in [3.8, 4) is 0 Å². The molecule has 5 nitrogen and oxygen atoms in total. The molecule has 0 aromatic carbocycles. The summed E-state index contributed by atoms with van der Waals surface area (Å²) in [7, 11) is 0. The zero-order valence-corrected chi connectivity index (χ0v) is 27.9. The second-order valence-corrected chi connectivity index (χ2v) is 13.0. The summed E-state index contributed by atoms with van der Waals surface area (Å²) in [5, 5.41) is 9.51. The second kappa shape index (κ2) is 30.4. The highest BCUT2D eigenvalue weighted by molar-refractivity contribution is 5.70. The van der Waals surface area contributed by atoms with E-state index in [9.17, 15) is 14.7 Å². The standard InChI is InChI=1S/C36H70O5/c1-5-33(4)27-23-19-15-11-7-9-13-17-21-25-29-36(39)41-34(30-37)31-40-35(38)28-24-20-16-12-8-6-10-14-18-22-26-32(2)3/h32-34,37H,5-31H2,1-4H3/t33?,34-/m0/s1. The van der Waals surface area contributed by atoms with Gasteiger partial charge in [0.05, 0.1) is 6.61 Å². The van der Waals surface area contributed by atoms with Crippen LogP contribution in [0.1, 0.15) is 188 Å². The van der Waals surface area contributed by atoms with Crippen LogP contribution >= 0.6 is 0 Å². The summed E-state index contributed by atoms with van der Waals surface area (Å²) < 4.78 is 10.6. The molecule has 0 fully saturated rings. The van der Waals surface area contributed by atoms with E-state index in [-0.39, 0.29) is 25.2 Å². The Morgan fingerprint density at radius 3 is 1.37 bits per heavy atom. The SMILES string of the molecule is CCC(C)CCCCCCCCCCCCC(=O)O[C@@H](CO)COC(=O)CCCCCCCCCCCCC(C)C. The number of hydrogen-bond donors (Lipinski definition) is 1. The lowest BCUT2D eigenvalue weighted by atomic mass is 9.99. The third kappa shape index (κ3) is 30.2. The maximum atomic E-state index is 12.1. The average Bonchev–Trinajstić information content (AvgIpc) is 2.95. The van der Waals surface area contributed by atoms with Gasteiger partial charge in [-0.15, -0.1) is 0 Å². The van der Waals surface area contributed by atoms with Crippen LogP contribution < -0.4 is 0 Å². The molecule has 5 heteroatoms. The highest BCUT2D eigenvalue weighted by Gasteiger charge is 2.16. The molecule has 0 bridgehead atoms. The molecule has 0 aliphatic carbocycles. The Morgan fingerprint density at radius 1 is 0.561 bits per heavy atom. The normalized spacial score (nSPS) is 12.9. The molecule has 0 saturated carbocycles. The van der Waals surface area contributed by atoms with Crippen molar-refractivity contribution in [2.24, 2.45) is 11.8 Å². The molecular weight excluding hydrogens is 512 g/mol. The topological polar surface area (TPSA) is 72.8 Å². The van der Waals surface area contributed by atoms with E-state index < -0.39 is 6.10 Å². The van der Waals surface area contributed by atoms with Crippen LogP contribution in [-0.4, -0.2) is 36.4 Å². The molecule has 0 saturated heterocycles. The molecule has 0 aliphatic rings. The van der Waals surface area contributed by atoms with E-state index >= 15 is 0 Å². The minimum atomic E-state index is -0.762. The number of carbonyl (C=O) groups is 2. The Bertz CT molecular complexity index is 576. The zero-order valence-electron chi connectivity index (χ0n) is 27.9. The molecular formula is C36H70O5. The Labute approximate surface area is 255 Å². The Hall–Kier alpha value is -1.10. The fraction of sp³-hybridized carbons (Fsp3) is 0.944. The predicted molar refractivity (Wildman–Crippen MR) is 173 cm³/mol. The van der Waals surface area contributed by atoms with Crippen molar-refractivity contribution in [3.05, 3.63) is 0 Å². The first-order chi connectivity index (χ1) is 19.9. The van der Waals surface area contributed by atoms with Gasteiger partial charge in [0, 0.05) is 12.8 Å². The van der Waals surface area contributed by atoms with Crippen LogP contribution in [0.2, 0.25) is 0 Å². The molecule has 0 heterocycles. The van der Waals surface area contributed by atoms with Crippen LogP contribution in [0.25, 0.3) is 0 Å². The van der Waals surface area contributed by atoms with Gasteiger partial charge in [0.2, 0.25) is 0 Å². The summed E-state index contributed by atoms with van der Waals surface area (Å²) in [5.41, 5.74) is 0. The summed E-state index contributed by atoms with van der Waals surface area (Å²) in [6, 6.07) is 0. The lowest BCUT2D eigenvalue weighted by Gasteiger charge is -2.15. The molecule has 0 rings (SSSR count). The molecule has 0 aromatic heterocycles. The Balaban J connectivity index is 3.55. The molecule has 244 valence electrons. The number of aliphatic hydroxyl groups excluding tert-OH is 1. The van der Waals surface area contributed by atoms with Gasteiger partial charge >= 0.3 is 11.9 Å². The van der Waals surface area contributed by atoms with E-state index in [4.69, 9.17) is 9.47 Å². The van der Waals surface area contributed by atoms with Crippen molar-refractivity contribution in [1.29, 1.82) is 0 Å². The van der Waals surface area contributed by atoms with Gasteiger partial charge in [-0.25, -0.2) is 0 Å². The average molecular weight is 583 g/mol. The Morgan fingerprint density at radius 2 is 0.951 bits per heavy atom. The van der Waals surface area contributed by atoms with Gasteiger partial charge < -0.3 is 14.6 Å². The molecule has 0 radical (unpaired) electrons. The second-order valence-electron chi connectivity index (χ2n) is 13.0. The molecule has 41 heavy (non-hydrogen) atoms. The van der Waals surface area contributed by atoms with Crippen LogP contribution in [0, 0.1) is 11.8 Å². The molecule has 0 aliphatic heterocycles. The van der Waals surface area contributed by atoms with Gasteiger partial charge in [0.15, 0.2) is 6.10 Å². The third-order valence-electron chi connectivity index (χ3n) is 8.37. The monoisotopic (exact) mass is 583 g/mol. The van der Waals surface area contributed by atoms with E-state index in [0.29, 0.717) is 12.8 Å². The van der Waals surface area contributed by atoms with Crippen molar-refractivity contribution in [1.82, 2.24) is 0 Å². The van der Waals surface area contributed by atoms with Crippen LogP contribution in [0.5, 0.6) is 0 Å². The van der Waals surface area contributed by atoms with Crippen LogP contribution in [0.3, 0.4) is 0 Å². The lowest BCUT2D eigenvalue weighted by Crippen LogP contribution is -2.28. The first-order valence-electron chi connectivity index (χ1n) is 17.8. The molecule has 0 aromatic rings. The van der Waals surface area contributed by atoms with E-state index in [2.05, 4.69) is 27.7 Å². The van der Waals surface area contributed by atoms with Gasteiger partial charge in [0.1, 0.15) is 6.61 Å². The van der Waals surface area contributed by atoms with Gasteiger partial charge in [-0.2, -0.15) is 0 Å². The summed E-state index contributed by atoms with van der Waals surface area (Å²) in [5.74, 6) is 1.12. The van der Waals surface area contributed by atoms with E-state index in [1.807, 2.05) is 0 Å². The van der Waals surface area contributed by atoms with Crippen LogP contribution in [0.4, 0.5) is 0 Å². The van der Waals surface area contributed by atoms with Gasteiger partial charge in [0.25, 0.3) is 0 Å². The first kappa shape index (κ1) is 39.9.